The number of anilines is 1. The van der Waals surface area contributed by atoms with Gasteiger partial charge >= 0.3 is 6.03 Å². The number of nitrogens with one attached hydrogen (secondary N) is 2. The summed E-state index contributed by atoms with van der Waals surface area (Å²) >= 11 is 0. The summed E-state index contributed by atoms with van der Waals surface area (Å²) in [4.78, 5) is 12.1. The standard InChI is InChI=1S/C20H20N4O2/c1-2-26-19-12-11-18(23-24-19)16-9-6-10-17(13-16)22-20(25)21-14-15-7-4-3-5-8-15/h3-13H,2,14H2,1H3,(H2,21,22,25). The molecule has 0 aliphatic carbocycles. The highest BCUT2D eigenvalue weighted by Gasteiger charge is 2.05. The van der Waals surface area contributed by atoms with Crippen molar-refractivity contribution in [2.75, 3.05) is 11.9 Å². The first kappa shape index (κ1) is 17.4. The molecule has 0 aliphatic rings. The van der Waals surface area contributed by atoms with Crippen molar-refractivity contribution in [1.29, 1.82) is 0 Å². The second-order valence-corrected chi connectivity index (χ2v) is 5.56. The third-order valence-electron chi connectivity index (χ3n) is 3.64. The summed E-state index contributed by atoms with van der Waals surface area (Å²) in [5.41, 5.74) is 3.30. The summed E-state index contributed by atoms with van der Waals surface area (Å²) in [7, 11) is 0. The Morgan fingerprint density at radius 2 is 1.85 bits per heavy atom. The van der Waals surface area contributed by atoms with Crippen molar-refractivity contribution in [2.24, 2.45) is 0 Å². The van der Waals surface area contributed by atoms with E-state index in [4.69, 9.17) is 4.74 Å². The van der Waals surface area contributed by atoms with Gasteiger partial charge in [0.25, 0.3) is 0 Å². The molecule has 26 heavy (non-hydrogen) atoms. The van der Waals surface area contributed by atoms with Crippen LogP contribution in [0.3, 0.4) is 0 Å². The number of carbonyl (C=O) groups is 1. The van der Waals surface area contributed by atoms with E-state index >= 15 is 0 Å². The van der Waals surface area contributed by atoms with Crippen LogP contribution in [0.25, 0.3) is 11.3 Å². The van der Waals surface area contributed by atoms with Crippen LogP contribution in [-0.4, -0.2) is 22.8 Å². The third-order valence-corrected chi connectivity index (χ3v) is 3.64. The second kappa shape index (κ2) is 8.62. The minimum absolute atomic E-state index is 0.260. The molecule has 132 valence electrons. The van der Waals surface area contributed by atoms with Crippen LogP contribution < -0.4 is 15.4 Å². The minimum Gasteiger partial charge on any atom is -0.477 e. The molecule has 0 bridgehead atoms. The highest BCUT2D eigenvalue weighted by atomic mass is 16.5. The van der Waals surface area contributed by atoms with E-state index in [0.29, 0.717) is 30.4 Å². The number of rotatable bonds is 6. The van der Waals surface area contributed by atoms with Gasteiger partial charge in [-0.05, 0) is 30.7 Å². The van der Waals surface area contributed by atoms with Crippen LogP contribution in [0.15, 0.2) is 66.7 Å². The Balaban J connectivity index is 1.62. The molecular weight excluding hydrogens is 328 g/mol. The van der Waals surface area contributed by atoms with E-state index in [1.807, 2.05) is 67.6 Å². The summed E-state index contributed by atoms with van der Waals surface area (Å²) in [6, 6.07) is 20.6. The number of carbonyl (C=O) groups excluding carboxylic acids is 1. The van der Waals surface area contributed by atoms with Gasteiger partial charge in [-0.3, -0.25) is 0 Å². The molecule has 1 heterocycles. The van der Waals surface area contributed by atoms with Gasteiger partial charge in [-0.2, -0.15) is 0 Å². The highest BCUT2D eigenvalue weighted by molar-refractivity contribution is 5.90. The van der Waals surface area contributed by atoms with Gasteiger partial charge in [-0.1, -0.05) is 42.5 Å². The molecule has 0 fully saturated rings. The quantitative estimate of drug-likeness (QED) is 0.709. The van der Waals surface area contributed by atoms with E-state index in [1.54, 1.807) is 6.07 Å². The van der Waals surface area contributed by atoms with Crippen molar-refractivity contribution < 1.29 is 9.53 Å². The lowest BCUT2D eigenvalue weighted by Gasteiger charge is -2.09. The molecule has 2 amide bonds. The van der Waals surface area contributed by atoms with Gasteiger partial charge < -0.3 is 15.4 Å². The summed E-state index contributed by atoms with van der Waals surface area (Å²) in [6.07, 6.45) is 0. The smallest absolute Gasteiger partial charge is 0.319 e. The van der Waals surface area contributed by atoms with Crippen LogP contribution in [0.5, 0.6) is 5.88 Å². The van der Waals surface area contributed by atoms with Crippen LogP contribution in [0.4, 0.5) is 10.5 Å². The third kappa shape index (κ3) is 4.80. The Bertz CT molecular complexity index is 851. The van der Waals surface area contributed by atoms with Gasteiger partial charge in [0.2, 0.25) is 5.88 Å². The number of benzene rings is 2. The molecule has 2 N–H and O–H groups in total. The van der Waals surface area contributed by atoms with Crippen molar-refractivity contribution in [3.05, 3.63) is 72.3 Å². The fourth-order valence-corrected chi connectivity index (χ4v) is 2.41. The molecule has 3 rings (SSSR count). The Hall–Kier alpha value is -3.41. The van der Waals surface area contributed by atoms with Crippen LogP contribution in [0, 0.1) is 0 Å². The monoisotopic (exact) mass is 348 g/mol. The summed E-state index contributed by atoms with van der Waals surface area (Å²) in [5, 5.41) is 13.9. The largest absolute Gasteiger partial charge is 0.477 e. The Morgan fingerprint density at radius 1 is 1.00 bits per heavy atom. The molecule has 2 aromatic carbocycles. The van der Waals surface area contributed by atoms with Crippen LogP contribution in [0.2, 0.25) is 0 Å². The van der Waals surface area contributed by atoms with E-state index in [0.717, 1.165) is 11.1 Å². The van der Waals surface area contributed by atoms with Crippen molar-refractivity contribution >= 4 is 11.7 Å². The van der Waals surface area contributed by atoms with Gasteiger partial charge in [0.15, 0.2) is 0 Å². The van der Waals surface area contributed by atoms with E-state index in [2.05, 4.69) is 20.8 Å². The number of amides is 2. The molecule has 0 unspecified atom stereocenters. The number of aromatic nitrogens is 2. The maximum absolute atomic E-state index is 12.1. The van der Waals surface area contributed by atoms with E-state index in [-0.39, 0.29) is 6.03 Å². The predicted octanol–water partition coefficient (Wildman–Crippen LogP) is 3.86. The van der Waals surface area contributed by atoms with Gasteiger partial charge in [-0.25, -0.2) is 4.79 Å². The van der Waals surface area contributed by atoms with Crippen molar-refractivity contribution in [3.8, 4) is 17.1 Å². The van der Waals surface area contributed by atoms with Crippen molar-refractivity contribution in [2.45, 2.75) is 13.5 Å². The zero-order valence-electron chi connectivity index (χ0n) is 14.5. The first-order valence-electron chi connectivity index (χ1n) is 8.40. The van der Waals surface area contributed by atoms with Crippen molar-refractivity contribution in [3.63, 3.8) is 0 Å². The molecule has 0 spiro atoms. The lowest BCUT2D eigenvalue weighted by molar-refractivity contribution is 0.251. The van der Waals surface area contributed by atoms with E-state index < -0.39 is 0 Å². The predicted molar refractivity (Wildman–Crippen MR) is 101 cm³/mol. The lowest BCUT2D eigenvalue weighted by atomic mass is 10.1. The van der Waals surface area contributed by atoms with Gasteiger partial charge in [0.1, 0.15) is 0 Å². The number of nitrogens with zero attached hydrogens (tertiary/aromatic N) is 2. The Morgan fingerprint density at radius 3 is 2.58 bits per heavy atom. The summed E-state index contributed by atoms with van der Waals surface area (Å²) in [5.74, 6) is 0.491. The zero-order chi connectivity index (χ0) is 18.2. The summed E-state index contributed by atoms with van der Waals surface area (Å²) < 4.78 is 5.30. The number of ether oxygens (including phenoxy) is 1. The maximum Gasteiger partial charge on any atom is 0.319 e. The number of urea groups is 1. The lowest BCUT2D eigenvalue weighted by Crippen LogP contribution is -2.28. The Labute approximate surface area is 152 Å². The Kier molecular flexibility index (Phi) is 5.77. The van der Waals surface area contributed by atoms with Crippen LogP contribution in [-0.2, 0) is 6.54 Å². The molecule has 0 atom stereocenters. The molecule has 3 aromatic rings. The molecule has 0 radical (unpaired) electrons. The number of hydrogen-bond acceptors (Lipinski definition) is 4. The highest BCUT2D eigenvalue weighted by Crippen LogP contribution is 2.21. The average molecular weight is 348 g/mol. The fourth-order valence-electron chi connectivity index (χ4n) is 2.41. The van der Waals surface area contributed by atoms with Gasteiger partial charge in [0, 0.05) is 23.9 Å². The van der Waals surface area contributed by atoms with E-state index in [9.17, 15) is 4.79 Å². The zero-order valence-corrected chi connectivity index (χ0v) is 14.5. The number of hydrogen-bond donors (Lipinski definition) is 2. The summed E-state index contributed by atoms with van der Waals surface area (Å²) in [6.45, 7) is 2.91. The first-order valence-corrected chi connectivity index (χ1v) is 8.40. The van der Waals surface area contributed by atoms with Gasteiger partial charge in [0.05, 0.1) is 12.3 Å². The normalized spacial score (nSPS) is 10.2. The molecular formula is C20H20N4O2. The van der Waals surface area contributed by atoms with Gasteiger partial charge in [-0.15, -0.1) is 10.2 Å². The van der Waals surface area contributed by atoms with Crippen LogP contribution in [0.1, 0.15) is 12.5 Å². The molecule has 0 aliphatic heterocycles. The van der Waals surface area contributed by atoms with Crippen LogP contribution >= 0.6 is 0 Å². The van der Waals surface area contributed by atoms with E-state index in [1.165, 1.54) is 0 Å². The molecule has 1 aromatic heterocycles. The first-order chi connectivity index (χ1) is 12.7. The molecule has 0 saturated carbocycles. The van der Waals surface area contributed by atoms with Crippen molar-refractivity contribution in [1.82, 2.24) is 15.5 Å². The minimum atomic E-state index is -0.260. The molecule has 0 saturated heterocycles. The maximum atomic E-state index is 12.1. The average Bonchev–Trinajstić information content (AvgIpc) is 2.68. The SMILES string of the molecule is CCOc1ccc(-c2cccc(NC(=O)NCc3ccccc3)c2)nn1. The molecule has 6 heteroatoms. The fraction of sp³-hybridized carbons (Fsp3) is 0.150. The topological polar surface area (TPSA) is 76.1 Å². The molecule has 6 nitrogen and oxygen atoms in total. The second-order valence-electron chi connectivity index (χ2n) is 5.56.